The van der Waals surface area contributed by atoms with Crippen molar-refractivity contribution >= 4 is 5.97 Å². The molecule has 5 aliphatic carbocycles. The fraction of sp³-hybridized carbons (Fsp3) is 0.900. The third-order valence-corrected chi connectivity index (χ3v) is 13.6. The van der Waals surface area contributed by atoms with Crippen LogP contribution < -0.4 is 5.73 Å². The maximum absolute atomic E-state index is 12.8. The van der Waals surface area contributed by atoms with Gasteiger partial charge in [-0.1, -0.05) is 46.8 Å². The number of fused-ring (bicyclic) bond motifs is 7. The minimum atomic E-state index is -0.524. The molecule has 0 aliphatic heterocycles. The molecule has 5 rings (SSSR count). The van der Waals surface area contributed by atoms with Gasteiger partial charge in [-0.2, -0.15) is 0 Å². The number of rotatable bonds is 2. The third-order valence-electron chi connectivity index (χ3n) is 13.6. The van der Waals surface area contributed by atoms with Gasteiger partial charge in [0.05, 0.1) is 5.41 Å². The van der Waals surface area contributed by atoms with E-state index in [0.717, 1.165) is 38.0 Å². The van der Waals surface area contributed by atoms with Gasteiger partial charge in [-0.15, -0.1) is 0 Å². The highest BCUT2D eigenvalue weighted by atomic mass is 16.4. The van der Waals surface area contributed by atoms with Gasteiger partial charge in [-0.25, -0.2) is 0 Å². The normalized spacial score (nSPS) is 55.0. The van der Waals surface area contributed by atoms with Crippen LogP contribution in [0.5, 0.6) is 0 Å². The Morgan fingerprint density at radius 1 is 0.848 bits per heavy atom. The van der Waals surface area contributed by atoms with Crippen molar-refractivity contribution in [2.45, 2.75) is 112 Å². The highest BCUT2D eigenvalue weighted by Gasteiger charge is 2.71. The van der Waals surface area contributed by atoms with Crippen molar-refractivity contribution in [3.05, 3.63) is 12.2 Å². The van der Waals surface area contributed by atoms with E-state index in [1.54, 1.807) is 0 Å². The molecule has 5 fully saturated rings. The first kappa shape index (κ1) is 23.9. The Balaban J connectivity index is 1.57. The van der Waals surface area contributed by atoms with Gasteiger partial charge in [-0.05, 0) is 122 Å². The van der Waals surface area contributed by atoms with Gasteiger partial charge < -0.3 is 10.8 Å². The lowest BCUT2D eigenvalue weighted by molar-refractivity contribution is -0.239. The van der Waals surface area contributed by atoms with Crippen LogP contribution in [-0.4, -0.2) is 17.1 Å². The van der Waals surface area contributed by atoms with E-state index in [1.165, 1.54) is 37.7 Å². The highest BCUT2D eigenvalue weighted by Crippen LogP contribution is 2.77. The number of allylic oxidation sites excluding steroid dienone is 1. The predicted molar refractivity (Wildman–Crippen MR) is 135 cm³/mol. The Hall–Kier alpha value is -0.830. The lowest BCUT2D eigenvalue weighted by Gasteiger charge is -2.72. The molecule has 0 saturated heterocycles. The number of aliphatic carboxylic acids is 1. The molecule has 0 spiro atoms. The van der Waals surface area contributed by atoms with Crippen LogP contribution in [0.25, 0.3) is 0 Å². The number of carboxylic acid groups (broad SMARTS) is 1. The zero-order chi connectivity index (χ0) is 24.2. The number of carboxylic acids is 1. The maximum atomic E-state index is 12.8. The summed E-state index contributed by atoms with van der Waals surface area (Å²) < 4.78 is 0. The molecular formula is C30H49NO2. The van der Waals surface area contributed by atoms with E-state index in [2.05, 4.69) is 48.1 Å². The monoisotopic (exact) mass is 455 g/mol. The fourth-order valence-corrected chi connectivity index (χ4v) is 11.5. The number of hydrogen-bond acceptors (Lipinski definition) is 2. The molecule has 0 amide bonds. The van der Waals surface area contributed by atoms with Crippen molar-refractivity contribution in [3.8, 4) is 0 Å². The van der Waals surface area contributed by atoms with Crippen molar-refractivity contribution in [2.24, 2.45) is 62.4 Å². The Labute approximate surface area is 202 Å². The average molecular weight is 456 g/mol. The summed E-state index contributed by atoms with van der Waals surface area (Å²) in [7, 11) is 0. The molecule has 3 nitrogen and oxygen atoms in total. The van der Waals surface area contributed by atoms with Gasteiger partial charge >= 0.3 is 5.97 Å². The van der Waals surface area contributed by atoms with Crippen LogP contribution in [0, 0.1) is 56.7 Å². The summed E-state index contributed by atoms with van der Waals surface area (Å²) in [5, 5.41) is 10.5. The van der Waals surface area contributed by atoms with Crippen LogP contribution in [0.3, 0.4) is 0 Å². The first-order chi connectivity index (χ1) is 15.3. The second-order valence-electron chi connectivity index (χ2n) is 14.6. The summed E-state index contributed by atoms with van der Waals surface area (Å²) in [5.41, 5.74) is 8.45. The molecule has 0 aromatic heterocycles. The SMILES string of the molecule is C=C(C)[C@@H]1CC[C@]2(C(=O)O)CC[C@]3(C)[C@H](CC[C@@H]4[C@@]5(C)CC[C@H](N)C(C)(C)[C@@H]5CC[C@]43C)[C@@H]12. The van der Waals surface area contributed by atoms with Crippen LogP contribution in [0.1, 0.15) is 106 Å². The summed E-state index contributed by atoms with van der Waals surface area (Å²) in [4.78, 5) is 12.8. The third kappa shape index (κ3) is 2.75. The second kappa shape index (κ2) is 7.11. The molecule has 3 N–H and O–H groups in total. The van der Waals surface area contributed by atoms with Crippen LogP contribution in [-0.2, 0) is 4.79 Å². The average Bonchev–Trinajstić information content (AvgIpc) is 3.13. The molecule has 3 heteroatoms. The first-order valence-electron chi connectivity index (χ1n) is 13.9. The molecule has 5 saturated carbocycles. The highest BCUT2D eigenvalue weighted by molar-refractivity contribution is 5.76. The van der Waals surface area contributed by atoms with Crippen LogP contribution >= 0.6 is 0 Å². The smallest absolute Gasteiger partial charge is 0.309 e. The molecule has 0 radical (unpaired) electrons. The minimum absolute atomic E-state index is 0.202. The van der Waals surface area contributed by atoms with Crippen molar-refractivity contribution in [2.75, 3.05) is 0 Å². The maximum Gasteiger partial charge on any atom is 0.309 e. The molecule has 0 heterocycles. The lowest BCUT2D eigenvalue weighted by atomic mass is 9.32. The Kier molecular flexibility index (Phi) is 5.15. The first-order valence-corrected chi connectivity index (χ1v) is 13.9. The zero-order valence-electron chi connectivity index (χ0n) is 22.2. The molecule has 0 unspecified atom stereocenters. The molecular weight excluding hydrogens is 406 g/mol. The predicted octanol–water partition coefficient (Wildman–Crippen LogP) is 7.06. The lowest BCUT2D eigenvalue weighted by Crippen LogP contribution is -2.67. The van der Waals surface area contributed by atoms with Gasteiger partial charge in [0, 0.05) is 6.04 Å². The summed E-state index contributed by atoms with van der Waals surface area (Å²) in [6, 6.07) is 0.313. The van der Waals surface area contributed by atoms with Crippen LogP contribution in [0.15, 0.2) is 12.2 Å². The molecule has 10 atom stereocenters. The molecule has 33 heavy (non-hydrogen) atoms. The van der Waals surface area contributed by atoms with E-state index in [4.69, 9.17) is 5.73 Å². The van der Waals surface area contributed by atoms with E-state index in [0.29, 0.717) is 29.2 Å². The van der Waals surface area contributed by atoms with Crippen molar-refractivity contribution in [3.63, 3.8) is 0 Å². The van der Waals surface area contributed by atoms with Crippen molar-refractivity contribution in [1.29, 1.82) is 0 Å². The largest absolute Gasteiger partial charge is 0.481 e. The van der Waals surface area contributed by atoms with Gasteiger partial charge in [-0.3, -0.25) is 4.79 Å². The van der Waals surface area contributed by atoms with E-state index in [1.807, 2.05) is 0 Å². The Bertz CT molecular complexity index is 863. The summed E-state index contributed by atoms with van der Waals surface area (Å²) in [6.45, 7) is 19.2. The minimum Gasteiger partial charge on any atom is -0.481 e. The van der Waals surface area contributed by atoms with E-state index in [9.17, 15) is 9.90 Å². The Morgan fingerprint density at radius 3 is 2.18 bits per heavy atom. The standard InChI is InChI=1S/C30H49NO2/c1-18(2)19-10-15-30(25(32)33)17-16-28(6)20(24(19)30)8-9-22-27(5)13-12-23(31)26(3,4)21(27)11-14-29(22,28)7/h19-24H,1,8-17,31H2,2-7H3,(H,32,33)/t19-,20+,21-,22+,23-,24+,27-,28+,29+,30-/m0/s1. The number of carbonyl (C=O) groups is 1. The summed E-state index contributed by atoms with van der Waals surface area (Å²) in [5.74, 6) is 2.05. The van der Waals surface area contributed by atoms with E-state index < -0.39 is 11.4 Å². The van der Waals surface area contributed by atoms with Gasteiger partial charge in [0.2, 0.25) is 0 Å². The second-order valence-corrected chi connectivity index (χ2v) is 14.6. The molecule has 0 aromatic carbocycles. The fourth-order valence-electron chi connectivity index (χ4n) is 11.5. The number of nitrogens with two attached hydrogens (primary N) is 1. The van der Waals surface area contributed by atoms with E-state index >= 15 is 0 Å². The molecule has 0 bridgehead atoms. The number of hydrogen-bond donors (Lipinski definition) is 2. The zero-order valence-corrected chi connectivity index (χ0v) is 22.2. The van der Waals surface area contributed by atoms with Gasteiger partial charge in [0.25, 0.3) is 0 Å². The topological polar surface area (TPSA) is 63.3 Å². The quantitative estimate of drug-likeness (QED) is 0.438. The van der Waals surface area contributed by atoms with E-state index in [-0.39, 0.29) is 22.2 Å². The van der Waals surface area contributed by atoms with Gasteiger partial charge in [0.1, 0.15) is 0 Å². The molecule has 0 aromatic rings. The van der Waals surface area contributed by atoms with Crippen LogP contribution in [0.2, 0.25) is 0 Å². The van der Waals surface area contributed by atoms with Crippen LogP contribution in [0.4, 0.5) is 0 Å². The summed E-state index contributed by atoms with van der Waals surface area (Å²) in [6.07, 6.45) is 11.3. The summed E-state index contributed by atoms with van der Waals surface area (Å²) >= 11 is 0. The molecule has 186 valence electrons. The van der Waals surface area contributed by atoms with Gasteiger partial charge in [0.15, 0.2) is 0 Å². The molecule has 5 aliphatic rings. The Morgan fingerprint density at radius 2 is 1.55 bits per heavy atom. The van der Waals surface area contributed by atoms with Crippen molar-refractivity contribution in [1.82, 2.24) is 0 Å². The van der Waals surface area contributed by atoms with Crippen molar-refractivity contribution < 1.29 is 9.90 Å².